The Morgan fingerprint density at radius 2 is 2.17 bits per heavy atom. The summed E-state index contributed by atoms with van der Waals surface area (Å²) in [5, 5.41) is 3.00. The highest BCUT2D eigenvalue weighted by molar-refractivity contribution is 5.98. The van der Waals surface area contributed by atoms with Crippen molar-refractivity contribution >= 4 is 17.5 Å². The van der Waals surface area contributed by atoms with Gasteiger partial charge in [-0.05, 0) is 50.5 Å². The largest absolute Gasteiger partial charge is 0.495 e. The minimum Gasteiger partial charge on any atom is -0.495 e. The van der Waals surface area contributed by atoms with Gasteiger partial charge in [0.05, 0.1) is 12.8 Å². The average molecular weight is 326 g/mol. The molecule has 0 spiro atoms. The molecule has 2 heterocycles. The number of nitrogens with one attached hydrogen (secondary N) is 1. The number of rotatable bonds is 4. The molecular formula is C18H22N4O2. The summed E-state index contributed by atoms with van der Waals surface area (Å²) in [4.78, 5) is 23.5. The number of hydrogen-bond donors (Lipinski definition) is 1. The first-order valence-electron chi connectivity index (χ1n) is 8.10. The van der Waals surface area contributed by atoms with E-state index in [1.165, 1.54) is 0 Å². The molecule has 1 aromatic carbocycles. The lowest BCUT2D eigenvalue weighted by Gasteiger charge is -2.24. The number of nitrogens with zero attached hydrogens (tertiary/aromatic N) is 3. The van der Waals surface area contributed by atoms with E-state index in [0.29, 0.717) is 17.4 Å². The number of carbonyl (C=O) groups is 1. The highest BCUT2D eigenvalue weighted by atomic mass is 16.5. The molecule has 6 heteroatoms. The number of amides is 1. The van der Waals surface area contributed by atoms with Crippen LogP contribution in [0.25, 0.3) is 0 Å². The molecule has 1 amide bonds. The Bertz CT molecular complexity index is 748. The summed E-state index contributed by atoms with van der Waals surface area (Å²) < 4.78 is 5.34. The minimum atomic E-state index is -0.267. The first-order valence-corrected chi connectivity index (χ1v) is 8.10. The Morgan fingerprint density at radius 1 is 1.33 bits per heavy atom. The highest BCUT2D eigenvalue weighted by Crippen LogP contribution is 2.28. The number of methoxy groups -OCH3 is 1. The Hall–Kier alpha value is -2.63. The fraction of sp³-hybridized carbons (Fsp3) is 0.389. The molecule has 0 radical (unpaired) electrons. The van der Waals surface area contributed by atoms with Crippen LogP contribution in [0.1, 0.15) is 24.1 Å². The van der Waals surface area contributed by atoms with Gasteiger partial charge in [-0.2, -0.15) is 0 Å². The second kappa shape index (κ2) is 6.86. The molecule has 1 atom stereocenters. The molecule has 1 N–H and O–H groups in total. The van der Waals surface area contributed by atoms with Crippen LogP contribution in [0.2, 0.25) is 0 Å². The van der Waals surface area contributed by atoms with Crippen molar-refractivity contribution in [3.63, 3.8) is 0 Å². The van der Waals surface area contributed by atoms with Crippen LogP contribution in [0.4, 0.5) is 11.6 Å². The molecule has 126 valence electrons. The van der Waals surface area contributed by atoms with Crippen LogP contribution in [-0.4, -0.2) is 35.6 Å². The number of aromatic nitrogens is 2. The molecule has 24 heavy (non-hydrogen) atoms. The Kier molecular flexibility index (Phi) is 4.64. The van der Waals surface area contributed by atoms with E-state index in [1.807, 2.05) is 43.0 Å². The van der Waals surface area contributed by atoms with Gasteiger partial charge < -0.3 is 15.0 Å². The third-order valence-electron chi connectivity index (χ3n) is 4.21. The predicted octanol–water partition coefficient (Wildman–Crippen LogP) is 2.71. The molecule has 6 nitrogen and oxygen atoms in total. The van der Waals surface area contributed by atoms with Crippen molar-refractivity contribution < 1.29 is 9.53 Å². The average Bonchev–Trinajstić information content (AvgIpc) is 3.05. The van der Waals surface area contributed by atoms with E-state index in [-0.39, 0.29) is 11.9 Å². The Labute approximate surface area is 141 Å². The summed E-state index contributed by atoms with van der Waals surface area (Å²) in [5.74, 6) is 1.22. The van der Waals surface area contributed by atoms with Gasteiger partial charge >= 0.3 is 0 Å². The van der Waals surface area contributed by atoms with Crippen LogP contribution < -0.4 is 15.0 Å². The van der Waals surface area contributed by atoms with E-state index in [0.717, 1.165) is 30.6 Å². The molecule has 0 aliphatic carbocycles. The SMILES string of the molecule is COc1ccc(C)cc1NC(=O)C1CCCN1c1nccc(C)n1. The molecule has 1 aromatic heterocycles. The lowest BCUT2D eigenvalue weighted by molar-refractivity contribution is -0.117. The van der Waals surface area contributed by atoms with Crippen LogP contribution in [-0.2, 0) is 4.79 Å². The molecule has 1 saturated heterocycles. The third kappa shape index (κ3) is 3.32. The number of anilines is 2. The number of benzene rings is 1. The maximum atomic E-state index is 12.8. The summed E-state index contributed by atoms with van der Waals surface area (Å²) in [6.07, 6.45) is 3.46. The van der Waals surface area contributed by atoms with Crippen molar-refractivity contribution in [2.24, 2.45) is 0 Å². The number of carbonyl (C=O) groups excluding carboxylic acids is 1. The van der Waals surface area contributed by atoms with Crippen LogP contribution in [0.5, 0.6) is 5.75 Å². The third-order valence-corrected chi connectivity index (χ3v) is 4.21. The van der Waals surface area contributed by atoms with Gasteiger partial charge in [0.1, 0.15) is 11.8 Å². The van der Waals surface area contributed by atoms with Crippen molar-refractivity contribution in [2.75, 3.05) is 23.9 Å². The van der Waals surface area contributed by atoms with Gasteiger partial charge in [0.2, 0.25) is 11.9 Å². The molecular weight excluding hydrogens is 304 g/mol. The normalized spacial score (nSPS) is 17.0. The van der Waals surface area contributed by atoms with Gasteiger partial charge in [-0.15, -0.1) is 0 Å². The zero-order valence-electron chi connectivity index (χ0n) is 14.2. The quantitative estimate of drug-likeness (QED) is 0.936. The lowest BCUT2D eigenvalue weighted by atomic mass is 10.1. The Morgan fingerprint density at radius 3 is 2.92 bits per heavy atom. The zero-order chi connectivity index (χ0) is 17.1. The van der Waals surface area contributed by atoms with Crippen molar-refractivity contribution in [1.29, 1.82) is 0 Å². The van der Waals surface area contributed by atoms with Crippen molar-refractivity contribution in [3.05, 3.63) is 41.7 Å². The van der Waals surface area contributed by atoms with Crippen LogP contribution in [0.15, 0.2) is 30.5 Å². The predicted molar refractivity (Wildman–Crippen MR) is 93.5 cm³/mol. The minimum absolute atomic E-state index is 0.0542. The van der Waals surface area contributed by atoms with Gasteiger partial charge in [-0.25, -0.2) is 9.97 Å². The molecule has 0 bridgehead atoms. The molecule has 1 aliphatic rings. The zero-order valence-corrected chi connectivity index (χ0v) is 14.2. The van der Waals surface area contributed by atoms with E-state index in [4.69, 9.17) is 4.74 Å². The number of aryl methyl sites for hydroxylation is 2. The standard InChI is InChI=1S/C18H22N4O2/c1-12-6-7-16(24-3)14(11-12)21-17(23)15-5-4-10-22(15)18-19-9-8-13(2)20-18/h6-9,11,15H,4-5,10H2,1-3H3,(H,21,23). The lowest BCUT2D eigenvalue weighted by Crippen LogP contribution is -2.40. The maximum Gasteiger partial charge on any atom is 0.247 e. The van der Waals surface area contributed by atoms with Gasteiger partial charge in [0.25, 0.3) is 0 Å². The summed E-state index contributed by atoms with van der Waals surface area (Å²) in [6, 6.07) is 7.32. The van der Waals surface area contributed by atoms with Gasteiger partial charge in [0.15, 0.2) is 0 Å². The molecule has 3 rings (SSSR count). The summed E-state index contributed by atoms with van der Waals surface area (Å²) in [7, 11) is 1.60. The van der Waals surface area contributed by atoms with E-state index in [9.17, 15) is 4.79 Å². The van der Waals surface area contributed by atoms with Gasteiger partial charge in [-0.3, -0.25) is 4.79 Å². The van der Waals surface area contributed by atoms with E-state index in [1.54, 1.807) is 13.3 Å². The molecule has 0 saturated carbocycles. The molecule has 1 aliphatic heterocycles. The molecule has 1 unspecified atom stereocenters. The van der Waals surface area contributed by atoms with Crippen molar-refractivity contribution in [1.82, 2.24) is 9.97 Å². The second-order valence-corrected chi connectivity index (χ2v) is 6.04. The van der Waals surface area contributed by atoms with Crippen LogP contribution >= 0.6 is 0 Å². The van der Waals surface area contributed by atoms with E-state index in [2.05, 4.69) is 15.3 Å². The number of ether oxygens (including phenoxy) is 1. The first kappa shape index (κ1) is 16.2. The fourth-order valence-electron chi connectivity index (χ4n) is 2.99. The summed E-state index contributed by atoms with van der Waals surface area (Å²) >= 11 is 0. The maximum absolute atomic E-state index is 12.8. The first-order chi connectivity index (χ1) is 11.6. The summed E-state index contributed by atoms with van der Waals surface area (Å²) in [5.41, 5.74) is 2.65. The molecule has 2 aromatic rings. The number of hydrogen-bond acceptors (Lipinski definition) is 5. The van der Waals surface area contributed by atoms with Crippen LogP contribution in [0, 0.1) is 13.8 Å². The van der Waals surface area contributed by atoms with Crippen molar-refractivity contribution in [3.8, 4) is 5.75 Å². The smallest absolute Gasteiger partial charge is 0.247 e. The van der Waals surface area contributed by atoms with Gasteiger partial charge in [-0.1, -0.05) is 6.07 Å². The summed E-state index contributed by atoms with van der Waals surface area (Å²) in [6.45, 7) is 4.69. The highest BCUT2D eigenvalue weighted by Gasteiger charge is 2.32. The van der Waals surface area contributed by atoms with E-state index >= 15 is 0 Å². The van der Waals surface area contributed by atoms with Gasteiger partial charge in [0, 0.05) is 18.4 Å². The Balaban J connectivity index is 1.80. The monoisotopic (exact) mass is 326 g/mol. The molecule has 1 fully saturated rings. The second-order valence-electron chi connectivity index (χ2n) is 6.04. The van der Waals surface area contributed by atoms with Crippen LogP contribution in [0.3, 0.4) is 0 Å². The van der Waals surface area contributed by atoms with Crippen molar-refractivity contribution in [2.45, 2.75) is 32.7 Å². The van der Waals surface area contributed by atoms with E-state index < -0.39 is 0 Å². The fourth-order valence-corrected chi connectivity index (χ4v) is 2.99. The topological polar surface area (TPSA) is 67.3 Å².